The second-order valence-electron chi connectivity index (χ2n) is 7.38. The number of ether oxygens (including phenoxy) is 2. The summed E-state index contributed by atoms with van der Waals surface area (Å²) in [6.07, 6.45) is 5.12. The second kappa shape index (κ2) is 6.56. The van der Waals surface area contributed by atoms with E-state index in [1.807, 2.05) is 18.2 Å². The molecule has 25 heavy (non-hydrogen) atoms. The molecule has 5 nitrogen and oxygen atoms in total. The predicted octanol–water partition coefficient (Wildman–Crippen LogP) is 3.15. The highest BCUT2D eigenvalue weighted by molar-refractivity contribution is 5.45. The van der Waals surface area contributed by atoms with Crippen LogP contribution in [0.15, 0.2) is 36.5 Å². The van der Waals surface area contributed by atoms with E-state index in [1.165, 1.54) is 12.0 Å². The lowest BCUT2D eigenvalue weighted by Gasteiger charge is -2.41. The molecule has 132 valence electrons. The molecule has 3 heterocycles. The molecule has 2 aromatic rings. The molecule has 0 aliphatic carbocycles. The number of aliphatic hydroxyl groups is 1. The summed E-state index contributed by atoms with van der Waals surface area (Å²) in [6, 6.07) is 10.1. The van der Waals surface area contributed by atoms with Gasteiger partial charge in [0.15, 0.2) is 11.5 Å². The Bertz CT molecular complexity index is 764. The highest BCUT2D eigenvalue weighted by Crippen LogP contribution is 2.38. The van der Waals surface area contributed by atoms with Crippen molar-refractivity contribution in [2.45, 2.75) is 32.8 Å². The van der Waals surface area contributed by atoms with Crippen molar-refractivity contribution in [3.05, 3.63) is 47.7 Å². The molecule has 1 N–H and O–H groups in total. The largest absolute Gasteiger partial charge is 0.454 e. The number of hydrogen-bond acceptors (Lipinski definition) is 5. The zero-order valence-electron chi connectivity index (χ0n) is 14.6. The first-order valence-electron chi connectivity index (χ1n) is 8.84. The fraction of sp³-hybridized carbons (Fsp3) is 0.450. The monoisotopic (exact) mass is 340 g/mol. The van der Waals surface area contributed by atoms with E-state index < -0.39 is 0 Å². The smallest absolute Gasteiger partial charge is 0.231 e. The van der Waals surface area contributed by atoms with Gasteiger partial charge < -0.3 is 19.5 Å². The second-order valence-corrected chi connectivity index (χ2v) is 7.38. The molecule has 0 saturated carbocycles. The van der Waals surface area contributed by atoms with Crippen LogP contribution in [0, 0.1) is 5.41 Å². The number of nitrogens with zero attached hydrogens (tertiary/aromatic N) is 2. The van der Waals surface area contributed by atoms with Crippen LogP contribution in [0.5, 0.6) is 11.5 Å². The van der Waals surface area contributed by atoms with Gasteiger partial charge in [0.05, 0.1) is 6.61 Å². The molecule has 2 aliphatic rings. The van der Waals surface area contributed by atoms with Gasteiger partial charge in [0.2, 0.25) is 6.79 Å². The summed E-state index contributed by atoms with van der Waals surface area (Å²) in [5.41, 5.74) is 2.38. The van der Waals surface area contributed by atoms with E-state index in [-0.39, 0.29) is 12.0 Å². The van der Waals surface area contributed by atoms with Crippen molar-refractivity contribution in [2.24, 2.45) is 5.41 Å². The minimum absolute atomic E-state index is 0.0534. The fourth-order valence-electron chi connectivity index (χ4n) is 3.93. The number of anilines is 1. The lowest BCUT2D eigenvalue weighted by molar-refractivity contribution is 0.174. The summed E-state index contributed by atoms with van der Waals surface area (Å²) in [7, 11) is 0. The zero-order valence-corrected chi connectivity index (χ0v) is 14.6. The Balaban J connectivity index is 1.51. The molecule has 5 heteroatoms. The lowest BCUT2D eigenvalue weighted by atomic mass is 9.77. The van der Waals surface area contributed by atoms with Crippen molar-refractivity contribution >= 4 is 5.82 Å². The zero-order chi connectivity index (χ0) is 17.3. The summed E-state index contributed by atoms with van der Waals surface area (Å²) < 4.78 is 10.9. The Kier molecular flexibility index (Phi) is 4.25. The van der Waals surface area contributed by atoms with E-state index in [1.54, 1.807) is 6.20 Å². The topological polar surface area (TPSA) is 54.8 Å². The van der Waals surface area contributed by atoms with Gasteiger partial charge in [-0.2, -0.15) is 0 Å². The average molecular weight is 340 g/mol. The van der Waals surface area contributed by atoms with Gasteiger partial charge in [0.25, 0.3) is 0 Å². The molecule has 4 rings (SSSR count). The van der Waals surface area contributed by atoms with Crippen LogP contribution in [0.4, 0.5) is 5.82 Å². The maximum atomic E-state index is 9.37. The molecule has 1 atom stereocenters. The molecule has 1 saturated heterocycles. The number of fused-ring (bicyclic) bond motifs is 1. The molecular formula is C20H24N2O3. The summed E-state index contributed by atoms with van der Waals surface area (Å²) >= 11 is 0. The molecule has 1 aromatic heterocycles. The highest BCUT2D eigenvalue weighted by atomic mass is 16.7. The Morgan fingerprint density at radius 2 is 2.04 bits per heavy atom. The van der Waals surface area contributed by atoms with Gasteiger partial charge in [-0.1, -0.05) is 13.0 Å². The van der Waals surface area contributed by atoms with E-state index in [0.29, 0.717) is 6.79 Å². The van der Waals surface area contributed by atoms with Gasteiger partial charge in [0.1, 0.15) is 5.82 Å². The molecule has 0 unspecified atom stereocenters. The van der Waals surface area contributed by atoms with E-state index >= 15 is 0 Å². The van der Waals surface area contributed by atoms with Crippen molar-refractivity contribution in [3.8, 4) is 11.5 Å². The molecule has 0 bridgehead atoms. The fourth-order valence-corrected chi connectivity index (χ4v) is 3.93. The third kappa shape index (κ3) is 3.42. The lowest BCUT2D eigenvalue weighted by Crippen LogP contribution is -2.43. The SMILES string of the molecule is C[C@@]1(Cc2ccc3c(c2)OCO3)CCCN(c2cc(CO)ccn2)C1. The minimum atomic E-state index is 0.0534. The summed E-state index contributed by atoms with van der Waals surface area (Å²) in [5.74, 6) is 2.65. The van der Waals surface area contributed by atoms with Gasteiger partial charge in [-0.15, -0.1) is 0 Å². The molecular weight excluding hydrogens is 316 g/mol. The summed E-state index contributed by atoms with van der Waals surface area (Å²) in [4.78, 5) is 6.85. The van der Waals surface area contributed by atoms with Crippen LogP contribution in [0.2, 0.25) is 0 Å². The van der Waals surface area contributed by atoms with Crippen LogP contribution in [0.3, 0.4) is 0 Å². The molecule has 0 spiro atoms. The van der Waals surface area contributed by atoms with Crippen molar-refractivity contribution in [3.63, 3.8) is 0 Å². The number of pyridine rings is 1. The molecule has 0 amide bonds. The van der Waals surface area contributed by atoms with Crippen LogP contribution in [-0.2, 0) is 13.0 Å². The van der Waals surface area contributed by atoms with Crippen molar-refractivity contribution in [1.82, 2.24) is 4.98 Å². The maximum absolute atomic E-state index is 9.37. The van der Waals surface area contributed by atoms with Gasteiger partial charge in [-0.05, 0) is 60.1 Å². The third-order valence-electron chi connectivity index (χ3n) is 5.17. The van der Waals surface area contributed by atoms with Crippen LogP contribution in [0.25, 0.3) is 0 Å². The number of aliphatic hydroxyl groups excluding tert-OH is 1. The quantitative estimate of drug-likeness (QED) is 0.927. The number of hydrogen-bond donors (Lipinski definition) is 1. The number of benzene rings is 1. The van der Waals surface area contributed by atoms with E-state index in [4.69, 9.17) is 9.47 Å². The standard InChI is InChI=1S/C20H24N2O3/c1-20(11-15-3-4-17-18(9-15)25-14-24-17)6-2-8-22(13-20)19-10-16(12-23)5-7-21-19/h3-5,7,9-10,23H,2,6,8,11-14H2,1H3/t20-/m0/s1. The summed E-state index contributed by atoms with van der Waals surface area (Å²) in [5, 5.41) is 9.37. The molecule has 1 aromatic carbocycles. The van der Waals surface area contributed by atoms with Gasteiger partial charge in [-0.25, -0.2) is 4.98 Å². The maximum Gasteiger partial charge on any atom is 0.231 e. The van der Waals surface area contributed by atoms with Gasteiger partial charge in [0, 0.05) is 19.3 Å². The third-order valence-corrected chi connectivity index (χ3v) is 5.17. The van der Waals surface area contributed by atoms with Crippen molar-refractivity contribution in [1.29, 1.82) is 0 Å². The molecule has 2 aliphatic heterocycles. The number of rotatable bonds is 4. The van der Waals surface area contributed by atoms with Gasteiger partial charge >= 0.3 is 0 Å². The van der Waals surface area contributed by atoms with Crippen molar-refractivity contribution < 1.29 is 14.6 Å². The Hall–Kier alpha value is -2.27. The van der Waals surface area contributed by atoms with Gasteiger partial charge in [-0.3, -0.25) is 0 Å². The van der Waals surface area contributed by atoms with E-state index in [0.717, 1.165) is 48.8 Å². The van der Waals surface area contributed by atoms with Crippen LogP contribution in [0.1, 0.15) is 30.9 Å². The van der Waals surface area contributed by atoms with Crippen LogP contribution >= 0.6 is 0 Å². The number of aromatic nitrogens is 1. The molecule has 1 fully saturated rings. The Morgan fingerprint density at radius 3 is 2.92 bits per heavy atom. The Labute approximate surface area is 148 Å². The average Bonchev–Trinajstić information content (AvgIpc) is 3.09. The molecule has 0 radical (unpaired) electrons. The highest BCUT2D eigenvalue weighted by Gasteiger charge is 2.32. The van der Waals surface area contributed by atoms with Crippen molar-refractivity contribution in [2.75, 3.05) is 24.8 Å². The normalized spacial score (nSPS) is 22.2. The van der Waals surface area contributed by atoms with Crippen LogP contribution in [-0.4, -0.2) is 30.0 Å². The predicted molar refractivity (Wildman–Crippen MR) is 96.0 cm³/mol. The van der Waals surface area contributed by atoms with E-state index in [2.05, 4.69) is 28.9 Å². The van der Waals surface area contributed by atoms with Crippen LogP contribution < -0.4 is 14.4 Å². The van der Waals surface area contributed by atoms with E-state index in [9.17, 15) is 5.11 Å². The first-order chi connectivity index (χ1) is 12.1. The summed E-state index contributed by atoms with van der Waals surface area (Å²) in [6.45, 7) is 4.69. The Morgan fingerprint density at radius 1 is 1.16 bits per heavy atom. The first kappa shape index (κ1) is 16.2. The first-order valence-corrected chi connectivity index (χ1v) is 8.84. The minimum Gasteiger partial charge on any atom is -0.454 e. The number of piperidine rings is 1.